The van der Waals surface area contributed by atoms with Crippen molar-refractivity contribution in [3.8, 4) is 5.75 Å². The van der Waals surface area contributed by atoms with Crippen LogP contribution in [-0.2, 0) is 4.79 Å². The zero-order valence-electron chi connectivity index (χ0n) is 11.6. The van der Waals surface area contributed by atoms with Gasteiger partial charge in [0.05, 0.1) is 13.0 Å². The molecule has 0 aromatic heterocycles. The van der Waals surface area contributed by atoms with Crippen molar-refractivity contribution in [1.82, 2.24) is 5.32 Å². The fourth-order valence-electron chi connectivity index (χ4n) is 1.57. The zero-order chi connectivity index (χ0) is 14.4. The lowest BCUT2D eigenvalue weighted by Gasteiger charge is -2.11. The number of benzene rings is 1. The van der Waals surface area contributed by atoms with Crippen LogP contribution < -0.4 is 15.8 Å². The summed E-state index contributed by atoms with van der Waals surface area (Å²) in [6, 6.07) is 4.48. The van der Waals surface area contributed by atoms with Gasteiger partial charge in [-0.15, -0.1) is 0 Å². The zero-order valence-corrected chi connectivity index (χ0v) is 11.6. The number of halogens is 1. The molecule has 0 aliphatic rings. The number of amides is 1. The third kappa shape index (κ3) is 5.26. The molecule has 19 heavy (non-hydrogen) atoms. The first-order valence-corrected chi connectivity index (χ1v) is 6.37. The van der Waals surface area contributed by atoms with Crippen molar-refractivity contribution in [2.45, 2.75) is 39.3 Å². The number of nitrogens with two attached hydrogens (primary N) is 1. The third-order valence-corrected chi connectivity index (χ3v) is 2.52. The summed E-state index contributed by atoms with van der Waals surface area (Å²) < 4.78 is 18.9. The molecule has 0 spiro atoms. The highest BCUT2D eigenvalue weighted by atomic mass is 19.1. The Morgan fingerprint density at radius 1 is 1.42 bits per heavy atom. The van der Waals surface area contributed by atoms with Gasteiger partial charge in [0.1, 0.15) is 0 Å². The number of hydrogen-bond acceptors (Lipinski definition) is 3. The fraction of sp³-hybridized carbons (Fsp3) is 0.500. The van der Waals surface area contributed by atoms with E-state index in [-0.39, 0.29) is 36.8 Å². The summed E-state index contributed by atoms with van der Waals surface area (Å²) in [4.78, 5) is 11.4. The van der Waals surface area contributed by atoms with Gasteiger partial charge in [-0.05, 0) is 38.5 Å². The number of ether oxygens (including phenoxy) is 1. The average molecular weight is 268 g/mol. The Bertz CT molecular complexity index is 433. The van der Waals surface area contributed by atoms with Crippen LogP contribution in [0.4, 0.5) is 4.39 Å². The molecule has 1 rings (SSSR count). The van der Waals surface area contributed by atoms with Crippen molar-refractivity contribution in [3.05, 3.63) is 29.6 Å². The Kier molecular flexibility index (Phi) is 5.76. The summed E-state index contributed by atoms with van der Waals surface area (Å²) in [5.74, 6) is -0.427. The van der Waals surface area contributed by atoms with Crippen LogP contribution >= 0.6 is 0 Å². The third-order valence-electron chi connectivity index (χ3n) is 2.52. The highest BCUT2D eigenvalue weighted by Gasteiger charge is 2.08. The molecule has 1 unspecified atom stereocenters. The largest absolute Gasteiger partial charge is 0.490 e. The second kappa shape index (κ2) is 7.09. The predicted molar refractivity (Wildman–Crippen MR) is 72.4 cm³/mol. The number of nitrogens with one attached hydrogen (secondary N) is 1. The highest BCUT2D eigenvalue weighted by Crippen LogP contribution is 2.21. The summed E-state index contributed by atoms with van der Waals surface area (Å²) in [5, 5.41) is 2.74. The second-order valence-corrected chi connectivity index (χ2v) is 4.80. The van der Waals surface area contributed by atoms with E-state index in [1.54, 1.807) is 13.0 Å². The lowest BCUT2D eigenvalue weighted by molar-refractivity contribution is -0.122. The van der Waals surface area contributed by atoms with Crippen LogP contribution in [0.2, 0.25) is 0 Å². The first-order valence-electron chi connectivity index (χ1n) is 6.37. The topological polar surface area (TPSA) is 64.3 Å². The van der Waals surface area contributed by atoms with Gasteiger partial charge in [-0.2, -0.15) is 0 Å². The van der Waals surface area contributed by atoms with Crippen molar-refractivity contribution in [1.29, 1.82) is 0 Å². The first kappa shape index (κ1) is 15.4. The van der Waals surface area contributed by atoms with Crippen LogP contribution in [-0.4, -0.2) is 18.6 Å². The van der Waals surface area contributed by atoms with Gasteiger partial charge in [0.25, 0.3) is 0 Å². The maximum atomic E-state index is 13.7. The van der Waals surface area contributed by atoms with Crippen molar-refractivity contribution in [2.75, 3.05) is 6.61 Å². The van der Waals surface area contributed by atoms with Crippen molar-refractivity contribution in [3.63, 3.8) is 0 Å². The molecule has 0 radical (unpaired) electrons. The van der Waals surface area contributed by atoms with Crippen molar-refractivity contribution < 1.29 is 13.9 Å². The lowest BCUT2D eigenvalue weighted by Crippen LogP contribution is -2.31. The average Bonchev–Trinajstić information content (AvgIpc) is 2.29. The minimum atomic E-state index is -0.459. The number of carbonyl (C=O) groups is 1. The molecule has 5 heteroatoms. The molecule has 0 saturated heterocycles. The highest BCUT2D eigenvalue weighted by molar-refractivity contribution is 5.76. The van der Waals surface area contributed by atoms with E-state index in [0.29, 0.717) is 5.56 Å². The van der Waals surface area contributed by atoms with Gasteiger partial charge < -0.3 is 15.8 Å². The van der Waals surface area contributed by atoms with Gasteiger partial charge in [0.15, 0.2) is 11.6 Å². The SMILES string of the molecule is CC(C)NC(=O)CCOc1ccc(C(C)N)cc1F. The quantitative estimate of drug-likeness (QED) is 0.830. The van der Waals surface area contributed by atoms with Gasteiger partial charge in [-0.1, -0.05) is 6.07 Å². The normalized spacial score (nSPS) is 12.3. The van der Waals surface area contributed by atoms with Crippen molar-refractivity contribution >= 4 is 5.91 Å². The Morgan fingerprint density at radius 2 is 2.11 bits per heavy atom. The van der Waals surface area contributed by atoms with E-state index >= 15 is 0 Å². The maximum Gasteiger partial charge on any atom is 0.223 e. The van der Waals surface area contributed by atoms with Gasteiger partial charge in [-0.3, -0.25) is 4.79 Å². The van der Waals surface area contributed by atoms with E-state index in [1.165, 1.54) is 12.1 Å². The molecule has 0 aliphatic heterocycles. The number of carbonyl (C=O) groups excluding carboxylic acids is 1. The molecule has 0 aliphatic carbocycles. The van der Waals surface area contributed by atoms with Crippen molar-refractivity contribution in [2.24, 2.45) is 5.73 Å². The summed E-state index contributed by atoms with van der Waals surface area (Å²) in [5.41, 5.74) is 6.37. The Hall–Kier alpha value is -1.62. The molecule has 0 heterocycles. The number of rotatable bonds is 6. The Balaban J connectivity index is 2.48. The van der Waals surface area contributed by atoms with Gasteiger partial charge in [-0.25, -0.2) is 4.39 Å². The van der Waals surface area contributed by atoms with E-state index in [2.05, 4.69) is 5.32 Å². The standard InChI is InChI=1S/C14H21FN2O2/c1-9(2)17-14(18)6-7-19-13-5-4-11(10(3)16)8-12(13)15/h4-5,8-10H,6-7,16H2,1-3H3,(H,17,18). The molecule has 4 nitrogen and oxygen atoms in total. The molecule has 106 valence electrons. The van der Waals surface area contributed by atoms with Crippen LogP contribution in [0, 0.1) is 5.82 Å². The summed E-state index contributed by atoms with van der Waals surface area (Å²) in [7, 11) is 0. The molecule has 1 aromatic rings. The van der Waals surface area contributed by atoms with Crippen LogP contribution in [0.15, 0.2) is 18.2 Å². The predicted octanol–water partition coefficient (Wildman–Crippen LogP) is 2.14. The summed E-state index contributed by atoms with van der Waals surface area (Å²) in [6.07, 6.45) is 0.201. The molecule has 3 N–H and O–H groups in total. The van der Waals surface area contributed by atoms with E-state index in [4.69, 9.17) is 10.5 Å². The molecule has 1 aromatic carbocycles. The van der Waals surface area contributed by atoms with E-state index in [9.17, 15) is 9.18 Å². The Morgan fingerprint density at radius 3 is 2.63 bits per heavy atom. The van der Waals surface area contributed by atoms with Crippen LogP contribution in [0.1, 0.15) is 38.8 Å². The van der Waals surface area contributed by atoms with E-state index in [0.717, 1.165) is 0 Å². The Labute approximate surface area is 113 Å². The van der Waals surface area contributed by atoms with Crippen LogP contribution in [0.5, 0.6) is 5.75 Å². The fourth-order valence-corrected chi connectivity index (χ4v) is 1.57. The number of hydrogen-bond donors (Lipinski definition) is 2. The molecule has 1 amide bonds. The van der Waals surface area contributed by atoms with Gasteiger partial charge in [0.2, 0.25) is 5.91 Å². The maximum absolute atomic E-state index is 13.7. The molecule has 0 fully saturated rings. The summed E-state index contributed by atoms with van der Waals surface area (Å²) >= 11 is 0. The molecule has 1 atom stereocenters. The monoisotopic (exact) mass is 268 g/mol. The smallest absolute Gasteiger partial charge is 0.223 e. The van der Waals surface area contributed by atoms with E-state index in [1.807, 2.05) is 13.8 Å². The first-order chi connectivity index (χ1) is 8.90. The van der Waals surface area contributed by atoms with Crippen LogP contribution in [0.25, 0.3) is 0 Å². The van der Waals surface area contributed by atoms with E-state index < -0.39 is 5.82 Å². The second-order valence-electron chi connectivity index (χ2n) is 4.80. The lowest BCUT2D eigenvalue weighted by atomic mass is 10.1. The summed E-state index contributed by atoms with van der Waals surface area (Å²) in [6.45, 7) is 5.69. The minimum Gasteiger partial charge on any atom is -0.490 e. The molecular formula is C14H21FN2O2. The van der Waals surface area contributed by atoms with Crippen LogP contribution in [0.3, 0.4) is 0 Å². The molecule has 0 bridgehead atoms. The molecular weight excluding hydrogens is 247 g/mol. The van der Waals surface area contributed by atoms with Gasteiger partial charge >= 0.3 is 0 Å². The minimum absolute atomic E-state index is 0.0922. The van der Waals surface area contributed by atoms with Gasteiger partial charge in [0, 0.05) is 12.1 Å². The molecule has 0 saturated carbocycles.